The van der Waals surface area contributed by atoms with Gasteiger partial charge in [-0.25, -0.2) is 9.78 Å². The van der Waals surface area contributed by atoms with Gasteiger partial charge in [-0.15, -0.1) is 0 Å². The van der Waals surface area contributed by atoms with E-state index in [0.717, 1.165) is 0 Å². The zero-order chi connectivity index (χ0) is 28.8. The number of hydrogen-bond acceptors (Lipinski definition) is 9. The Balaban J connectivity index is 3.02. The minimum atomic E-state index is -1.71. The normalized spacial score (nSPS) is 13.7. The lowest BCUT2D eigenvalue weighted by atomic mass is 10.1. The van der Waals surface area contributed by atoms with Crippen LogP contribution in [0.1, 0.15) is 31.4 Å². The first-order valence-electron chi connectivity index (χ1n) is 11.2. The van der Waals surface area contributed by atoms with Gasteiger partial charge in [0.2, 0.25) is 23.6 Å². The summed E-state index contributed by atoms with van der Waals surface area (Å²) in [5, 5.41) is 25.4. The van der Waals surface area contributed by atoms with Crippen molar-refractivity contribution in [2.75, 3.05) is 6.54 Å². The number of guanidine groups is 1. The summed E-state index contributed by atoms with van der Waals surface area (Å²) in [6.45, 7) is 0.0874. The molecule has 0 bridgehead atoms. The number of hydrogen-bond donors (Lipinski definition) is 10. The molecule has 0 aliphatic rings. The fourth-order valence-corrected chi connectivity index (χ4v) is 3.10. The molecule has 0 saturated heterocycles. The quantitative estimate of drug-likeness (QED) is 0.0505. The summed E-state index contributed by atoms with van der Waals surface area (Å²) in [4.78, 5) is 82.4. The summed E-state index contributed by atoms with van der Waals surface area (Å²) in [5.41, 5.74) is 21.5. The van der Waals surface area contributed by atoms with Crippen molar-refractivity contribution >= 4 is 41.5 Å². The molecule has 1 aromatic rings. The molecule has 1 heterocycles. The number of carbonyl (C=O) groups is 6. The molecule has 0 aliphatic carbocycles. The standard InChI is InChI=1S/C20H32N10O8/c21-10(5-14(22)31)16(34)29-12(4-9-7-25-8-27-9)17(35)30-13(6-15(32)33)18(36)28-11(19(37)38)2-1-3-26-20(23)24/h7-8,10-13H,1-6,21H2,(H2,22,31)(H,25,27)(H,28,36)(H,29,34)(H,30,35)(H,32,33)(H,37,38)(H4,23,24,26). The number of aliphatic carboxylic acids is 2. The summed E-state index contributed by atoms with van der Waals surface area (Å²) in [5.74, 6) is -6.91. The summed E-state index contributed by atoms with van der Waals surface area (Å²) in [7, 11) is 0. The van der Waals surface area contributed by atoms with E-state index < -0.39 is 72.6 Å². The highest BCUT2D eigenvalue weighted by Gasteiger charge is 2.32. The van der Waals surface area contributed by atoms with Gasteiger partial charge in [-0.1, -0.05) is 0 Å². The molecule has 38 heavy (non-hydrogen) atoms. The van der Waals surface area contributed by atoms with E-state index in [1.807, 2.05) is 0 Å². The van der Waals surface area contributed by atoms with Gasteiger partial charge < -0.3 is 54.1 Å². The smallest absolute Gasteiger partial charge is 0.326 e. The molecule has 0 saturated carbocycles. The van der Waals surface area contributed by atoms with E-state index in [1.165, 1.54) is 12.5 Å². The van der Waals surface area contributed by atoms with Gasteiger partial charge in [0.15, 0.2) is 5.96 Å². The van der Waals surface area contributed by atoms with Crippen LogP contribution < -0.4 is 38.9 Å². The molecular weight excluding hydrogens is 508 g/mol. The molecule has 0 aromatic carbocycles. The molecule has 0 spiro atoms. The van der Waals surface area contributed by atoms with Crippen molar-refractivity contribution in [2.45, 2.75) is 56.3 Å². The van der Waals surface area contributed by atoms with Crippen molar-refractivity contribution in [3.05, 3.63) is 18.2 Å². The van der Waals surface area contributed by atoms with Crippen molar-refractivity contribution in [1.82, 2.24) is 25.9 Å². The zero-order valence-electron chi connectivity index (χ0n) is 20.3. The number of H-pyrrole nitrogens is 1. The van der Waals surface area contributed by atoms with Crippen molar-refractivity contribution in [1.29, 1.82) is 0 Å². The average molecular weight is 541 g/mol. The molecule has 4 amide bonds. The Hall–Kier alpha value is -4.74. The number of imidazole rings is 1. The predicted octanol–water partition coefficient (Wildman–Crippen LogP) is -4.78. The highest BCUT2D eigenvalue weighted by Crippen LogP contribution is 2.05. The molecule has 18 nitrogen and oxygen atoms in total. The van der Waals surface area contributed by atoms with Gasteiger partial charge >= 0.3 is 11.9 Å². The molecular formula is C20H32N10O8. The van der Waals surface area contributed by atoms with E-state index in [0.29, 0.717) is 5.69 Å². The van der Waals surface area contributed by atoms with Gasteiger partial charge in [0, 0.05) is 24.9 Å². The first-order valence-corrected chi connectivity index (χ1v) is 11.2. The molecule has 0 radical (unpaired) electrons. The SMILES string of the molecule is NC(=O)CC(N)C(=O)NC(Cc1cnc[nH]1)C(=O)NC(CC(=O)O)C(=O)NC(CCCN=C(N)N)C(=O)O. The molecule has 0 aliphatic heterocycles. The Bertz CT molecular complexity index is 1030. The van der Waals surface area contributed by atoms with E-state index >= 15 is 0 Å². The molecule has 1 aromatic heterocycles. The lowest BCUT2D eigenvalue weighted by Crippen LogP contribution is -2.58. The maximum Gasteiger partial charge on any atom is 0.326 e. The van der Waals surface area contributed by atoms with Crippen LogP contribution in [-0.4, -0.2) is 92.4 Å². The van der Waals surface area contributed by atoms with Gasteiger partial charge in [-0.3, -0.25) is 29.0 Å². The van der Waals surface area contributed by atoms with E-state index in [2.05, 4.69) is 30.9 Å². The van der Waals surface area contributed by atoms with Gasteiger partial charge in [-0.2, -0.15) is 0 Å². The second-order valence-corrected chi connectivity index (χ2v) is 8.13. The van der Waals surface area contributed by atoms with Crippen LogP contribution >= 0.6 is 0 Å². The molecule has 210 valence electrons. The van der Waals surface area contributed by atoms with Gasteiger partial charge in [-0.05, 0) is 12.8 Å². The first kappa shape index (κ1) is 31.3. The topological polar surface area (TPSA) is 324 Å². The highest BCUT2D eigenvalue weighted by atomic mass is 16.4. The minimum Gasteiger partial charge on any atom is -0.481 e. The molecule has 4 unspecified atom stereocenters. The summed E-state index contributed by atoms with van der Waals surface area (Å²) in [6, 6.07) is -5.91. The first-order chi connectivity index (χ1) is 17.8. The van der Waals surface area contributed by atoms with Crippen molar-refractivity contribution in [3.8, 4) is 0 Å². The number of nitrogens with one attached hydrogen (secondary N) is 4. The van der Waals surface area contributed by atoms with Crippen LogP contribution in [0, 0.1) is 0 Å². The third kappa shape index (κ3) is 11.8. The largest absolute Gasteiger partial charge is 0.481 e. The minimum absolute atomic E-state index is 0.0874. The van der Waals surface area contributed by atoms with Crippen LogP contribution in [0.15, 0.2) is 17.5 Å². The van der Waals surface area contributed by atoms with E-state index in [9.17, 15) is 39.0 Å². The second kappa shape index (κ2) is 15.4. The molecule has 1 rings (SSSR count). The Morgan fingerprint density at radius 3 is 2.05 bits per heavy atom. The monoisotopic (exact) mass is 540 g/mol. The third-order valence-corrected chi connectivity index (χ3v) is 4.94. The van der Waals surface area contributed by atoms with Crippen LogP contribution in [0.5, 0.6) is 0 Å². The number of primary amides is 1. The fourth-order valence-electron chi connectivity index (χ4n) is 3.10. The molecule has 0 fully saturated rings. The van der Waals surface area contributed by atoms with E-state index in [-0.39, 0.29) is 31.8 Å². The lowest BCUT2D eigenvalue weighted by Gasteiger charge is -2.24. The number of aromatic amines is 1. The van der Waals surface area contributed by atoms with Crippen molar-refractivity contribution < 1.29 is 39.0 Å². The van der Waals surface area contributed by atoms with Crippen molar-refractivity contribution in [2.24, 2.45) is 27.9 Å². The maximum atomic E-state index is 13.0. The average Bonchev–Trinajstić information content (AvgIpc) is 3.32. The number of carbonyl (C=O) groups excluding carboxylic acids is 4. The number of carboxylic acid groups (broad SMARTS) is 2. The van der Waals surface area contributed by atoms with Crippen LogP contribution in [-0.2, 0) is 35.2 Å². The van der Waals surface area contributed by atoms with Crippen LogP contribution in [0.4, 0.5) is 0 Å². The Morgan fingerprint density at radius 2 is 1.53 bits per heavy atom. The lowest BCUT2D eigenvalue weighted by molar-refractivity contribution is -0.143. The summed E-state index contributed by atoms with van der Waals surface area (Å²) >= 11 is 0. The van der Waals surface area contributed by atoms with E-state index in [4.69, 9.17) is 22.9 Å². The number of nitrogens with zero attached hydrogens (tertiary/aromatic N) is 2. The Morgan fingerprint density at radius 1 is 0.921 bits per heavy atom. The number of aromatic nitrogens is 2. The number of nitrogens with two attached hydrogens (primary N) is 4. The van der Waals surface area contributed by atoms with Crippen LogP contribution in [0.2, 0.25) is 0 Å². The Kier molecular flexibility index (Phi) is 12.7. The maximum absolute atomic E-state index is 13.0. The molecule has 14 N–H and O–H groups in total. The fraction of sp³-hybridized carbons (Fsp3) is 0.500. The predicted molar refractivity (Wildman–Crippen MR) is 130 cm³/mol. The highest BCUT2D eigenvalue weighted by molar-refractivity contribution is 5.96. The van der Waals surface area contributed by atoms with Gasteiger partial charge in [0.1, 0.15) is 18.1 Å². The molecule has 18 heteroatoms. The second-order valence-electron chi connectivity index (χ2n) is 8.13. The van der Waals surface area contributed by atoms with Gasteiger partial charge in [0.05, 0.1) is 25.2 Å². The molecule has 4 atom stereocenters. The van der Waals surface area contributed by atoms with Crippen molar-refractivity contribution in [3.63, 3.8) is 0 Å². The zero-order valence-corrected chi connectivity index (χ0v) is 20.3. The number of carboxylic acids is 2. The van der Waals surface area contributed by atoms with Gasteiger partial charge in [0.25, 0.3) is 0 Å². The number of aliphatic imine (C=N–C) groups is 1. The van der Waals surface area contributed by atoms with E-state index in [1.54, 1.807) is 0 Å². The summed E-state index contributed by atoms with van der Waals surface area (Å²) < 4.78 is 0. The van der Waals surface area contributed by atoms with Crippen LogP contribution in [0.3, 0.4) is 0 Å². The number of rotatable bonds is 17. The summed E-state index contributed by atoms with van der Waals surface area (Å²) in [6.07, 6.45) is 1.17. The van der Waals surface area contributed by atoms with Crippen LogP contribution in [0.25, 0.3) is 0 Å². The Labute approximate surface area is 216 Å². The third-order valence-electron chi connectivity index (χ3n) is 4.94. The number of amides is 4.